The van der Waals surface area contributed by atoms with Gasteiger partial charge in [-0.3, -0.25) is 0 Å². The molecule has 1 aliphatic rings. The van der Waals surface area contributed by atoms with Gasteiger partial charge in [-0.1, -0.05) is 17.7 Å². The van der Waals surface area contributed by atoms with Crippen LogP contribution in [0.1, 0.15) is 28.8 Å². The van der Waals surface area contributed by atoms with E-state index < -0.39 is 5.97 Å². The van der Waals surface area contributed by atoms with Gasteiger partial charge in [0, 0.05) is 19.3 Å². The molecule has 0 unspecified atom stereocenters. The first-order chi connectivity index (χ1) is 12.5. The summed E-state index contributed by atoms with van der Waals surface area (Å²) < 4.78 is 0. The monoisotopic (exact) mass is 378 g/mol. The molecule has 0 bridgehead atoms. The third kappa shape index (κ3) is 3.81. The Balaban J connectivity index is 1.84. The largest absolute Gasteiger partial charge is 0.506 e. The quantitative estimate of drug-likeness (QED) is 0.603. The number of benzene rings is 1. The van der Waals surface area contributed by atoms with Gasteiger partial charge in [0.15, 0.2) is 0 Å². The van der Waals surface area contributed by atoms with Crippen LogP contribution < -0.4 is 10.2 Å². The highest BCUT2D eigenvalue weighted by Gasteiger charge is 2.27. The Morgan fingerprint density at radius 2 is 2.23 bits per heavy atom. The molecule has 1 aromatic carbocycles. The summed E-state index contributed by atoms with van der Waals surface area (Å²) in [5.74, 6) is -0.578. The summed E-state index contributed by atoms with van der Waals surface area (Å²) in [6.07, 6.45) is 3.03. The van der Waals surface area contributed by atoms with Crippen LogP contribution in [0.3, 0.4) is 0 Å². The maximum absolute atomic E-state index is 11.5. The van der Waals surface area contributed by atoms with Crippen LogP contribution in [0.5, 0.6) is 5.75 Å². The van der Waals surface area contributed by atoms with Crippen molar-refractivity contribution in [1.82, 2.24) is 9.97 Å². The molecule has 1 fully saturated rings. The van der Waals surface area contributed by atoms with Crippen molar-refractivity contribution in [3.63, 3.8) is 0 Å². The van der Waals surface area contributed by atoms with Gasteiger partial charge < -0.3 is 25.5 Å². The third-order valence-electron chi connectivity index (χ3n) is 4.32. The molecule has 4 N–H and O–H groups in total. The van der Waals surface area contributed by atoms with Crippen molar-refractivity contribution in [3.05, 3.63) is 40.5 Å². The Bertz CT molecular complexity index is 817. The van der Waals surface area contributed by atoms with E-state index in [1.54, 1.807) is 12.1 Å². The molecule has 9 heteroatoms. The summed E-state index contributed by atoms with van der Waals surface area (Å²) in [6, 6.07) is 4.68. The van der Waals surface area contributed by atoms with E-state index in [0.29, 0.717) is 12.5 Å². The molecule has 0 saturated carbocycles. The Kier molecular flexibility index (Phi) is 5.43. The molecule has 2 heterocycles. The number of carbonyl (C=O) groups is 1. The Morgan fingerprint density at radius 3 is 2.92 bits per heavy atom. The first kappa shape index (κ1) is 18.2. The fourth-order valence-corrected chi connectivity index (χ4v) is 3.14. The van der Waals surface area contributed by atoms with Gasteiger partial charge in [0.1, 0.15) is 17.1 Å². The van der Waals surface area contributed by atoms with Crippen LogP contribution in [0.15, 0.2) is 24.4 Å². The fraction of sp³-hybridized carbons (Fsp3) is 0.353. The molecule has 2 aromatic rings. The number of halogens is 1. The number of aliphatic hydroxyl groups excluding tert-OH is 1. The van der Waals surface area contributed by atoms with Crippen molar-refractivity contribution >= 4 is 29.3 Å². The summed E-state index contributed by atoms with van der Waals surface area (Å²) in [6.45, 7) is 0.990. The molecule has 0 aliphatic carbocycles. The van der Waals surface area contributed by atoms with E-state index in [1.807, 2.05) is 4.90 Å². The van der Waals surface area contributed by atoms with Gasteiger partial charge in [-0.2, -0.15) is 4.98 Å². The zero-order valence-corrected chi connectivity index (χ0v) is 14.6. The van der Waals surface area contributed by atoms with E-state index >= 15 is 0 Å². The number of rotatable bonds is 6. The van der Waals surface area contributed by atoms with E-state index in [0.717, 1.165) is 18.4 Å². The standard InChI is InChI=1S/C17H19ClN4O4/c18-13-6-10(3-4-14(13)24)7-19-15-12(16(25)26)8-20-17(21-15)22-5-1-2-11(22)9-23/h3-4,6,8,11,23-24H,1-2,5,7,9H2,(H,25,26)(H,19,20,21)/t11-/m0/s1. The Labute approximate surface area is 155 Å². The summed E-state index contributed by atoms with van der Waals surface area (Å²) in [5, 5.41) is 31.5. The maximum Gasteiger partial charge on any atom is 0.341 e. The number of aromatic carboxylic acids is 1. The molecule has 1 aliphatic heterocycles. The zero-order valence-electron chi connectivity index (χ0n) is 13.9. The van der Waals surface area contributed by atoms with Gasteiger partial charge in [0.25, 0.3) is 0 Å². The van der Waals surface area contributed by atoms with Crippen molar-refractivity contribution in [2.75, 3.05) is 23.4 Å². The molecule has 0 radical (unpaired) electrons. The van der Waals surface area contributed by atoms with Crippen molar-refractivity contribution in [2.45, 2.75) is 25.4 Å². The number of carboxylic acids is 1. The lowest BCUT2D eigenvalue weighted by molar-refractivity contribution is 0.0697. The molecular formula is C17H19ClN4O4. The Hall–Kier alpha value is -2.58. The van der Waals surface area contributed by atoms with E-state index in [1.165, 1.54) is 12.3 Å². The summed E-state index contributed by atoms with van der Waals surface area (Å²) in [5.41, 5.74) is 0.720. The van der Waals surface area contributed by atoms with Gasteiger partial charge in [0.2, 0.25) is 5.95 Å². The average molecular weight is 379 g/mol. The van der Waals surface area contributed by atoms with Gasteiger partial charge in [-0.05, 0) is 30.5 Å². The number of phenols is 1. The highest BCUT2D eigenvalue weighted by molar-refractivity contribution is 6.32. The van der Waals surface area contributed by atoms with Gasteiger partial charge in [-0.25, -0.2) is 9.78 Å². The van der Waals surface area contributed by atoms with Gasteiger partial charge in [0.05, 0.1) is 17.7 Å². The topological polar surface area (TPSA) is 119 Å². The highest BCUT2D eigenvalue weighted by atomic mass is 35.5. The normalized spacial score (nSPS) is 16.7. The highest BCUT2D eigenvalue weighted by Crippen LogP contribution is 2.26. The number of hydrogen-bond donors (Lipinski definition) is 4. The Morgan fingerprint density at radius 1 is 1.42 bits per heavy atom. The minimum Gasteiger partial charge on any atom is -0.506 e. The molecule has 1 aromatic heterocycles. The zero-order chi connectivity index (χ0) is 18.7. The average Bonchev–Trinajstić information content (AvgIpc) is 3.11. The van der Waals surface area contributed by atoms with Crippen molar-refractivity contribution in [3.8, 4) is 5.75 Å². The number of anilines is 2. The lowest BCUT2D eigenvalue weighted by Crippen LogP contribution is -2.33. The molecule has 1 saturated heterocycles. The van der Waals surface area contributed by atoms with Crippen LogP contribution in [-0.4, -0.2) is 50.5 Å². The number of nitrogens with zero attached hydrogens (tertiary/aromatic N) is 3. The number of nitrogens with one attached hydrogen (secondary N) is 1. The van der Waals surface area contributed by atoms with Crippen LogP contribution in [0.2, 0.25) is 5.02 Å². The van der Waals surface area contributed by atoms with Crippen molar-refractivity contribution < 1.29 is 20.1 Å². The molecular weight excluding hydrogens is 360 g/mol. The first-order valence-corrected chi connectivity index (χ1v) is 8.56. The molecule has 138 valence electrons. The second kappa shape index (κ2) is 7.76. The molecule has 0 amide bonds. The van der Waals surface area contributed by atoms with E-state index in [9.17, 15) is 20.1 Å². The number of aliphatic hydroxyl groups is 1. The minimum absolute atomic E-state index is 0.00118. The van der Waals surface area contributed by atoms with Crippen LogP contribution in [0.4, 0.5) is 11.8 Å². The van der Waals surface area contributed by atoms with Crippen molar-refractivity contribution in [2.24, 2.45) is 0 Å². The molecule has 26 heavy (non-hydrogen) atoms. The van der Waals surface area contributed by atoms with Crippen molar-refractivity contribution in [1.29, 1.82) is 0 Å². The molecule has 1 atom stereocenters. The van der Waals surface area contributed by atoms with Crippen LogP contribution >= 0.6 is 11.6 Å². The third-order valence-corrected chi connectivity index (χ3v) is 4.63. The smallest absolute Gasteiger partial charge is 0.341 e. The number of carboxylic acid groups (broad SMARTS) is 1. The predicted octanol–water partition coefficient (Wildman–Crippen LogP) is 2.11. The van der Waals surface area contributed by atoms with E-state index in [2.05, 4.69) is 15.3 Å². The second-order valence-corrected chi connectivity index (χ2v) is 6.46. The van der Waals surface area contributed by atoms with Gasteiger partial charge >= 0.3 is 5.97 Å². The van der Waals surface area contributed by atoms with Crippen LogP contribution in [-0.2, 0) is 6.54 Å². The number of phenolic OH excluding ortho intramolecular Hbond substituents is 1. The lowest BCUT2D eigenvalue weighted by Gasteiger charge is -2.23. The number of hydrogen-bond acceptors (Lipinski definition) is 7. The van der Waals surface area contributed by atoms with E-state index in [4.69, 9.17) is 11.6 Å². The minimum atomic E-state index is -1.14. The predicted molar refractivity (Wildman–Crippen MR) is 96.9 cm³/mol. The molecule has 8 nitrogen and oxygen atoms in total. The first-order valence-electron chi connectivity index (χ1n) is 8.18. The number of aromatic hydroxyl groups is 1. The summed E-state index contributed by atoms with van der Waals surface area (Å²) >= 11 is 5.89. The molecule has 3 rings (SSSR count). The number of aromatic nitrogens is 2. The summed E-state index contributed by atoms with van der Waals surface area (Å²) in [7, 11) is 0. The van der Waals surface area contributed by atoms with Crippen LogP contribution in [0.25, 0.3) is 0 Å². The summed E-state index contributed by atoms with van der Waals surface area (Å²) in [4.78, 5) is 21.8. The fourth-order valence-electron chi connectivity index (χ4n) is 2.94. The maximum atomic E-state index is 11.5. The van der Waals surface area contributed by atoms with Gasteiger partial charge in [-0.15, -0.1) is 0 Å². The van der Waals surface area contributed by atoms with E-state index in [-0.39, 0.29) is 41.3 Å². The molecule has 0 spiro atoms. The second-order valence-electron chi connectivity index (χ2n) is 6.05. The van der Waals surface area contributed by atoms with Crippen LogP contribution in [0, 0.1) is 0 Å². The lowest BCUT2D eigenvalue weighted by atomic mass is 10.2. The SMILES string of the molecule is O=C(O)c1cnc(N2CCC[C@H]2CO)nc1NCc1ccc(O)c(Cl)c1.